The maximum Gasteiger partial charge on any atom is 0.250 e. The number of anilines is 1. The molecule has 5 nitrogen and oxygen atoms in total. The molecule has 0 saturated heterocycles. The molecule has 0 spiro atoms. The number of methoxy groups -OCH3 is 2. The van der Waals surface area contributed by atoms with Crippen molar-refractivity contribution < 1.29 is 14.3 Å². The van der Waals surface area contributed by atoms with E-state index in [1.54, 1.807) is 38.5 Å². The first-order valence-electron chi connectivity index (χ1n) is 7.60. The van der Waals surface area contributed by atoms with E-state index >= 15 is 0 Å². The molecular weight excluding hydrogens is 336 g/mol. The molecule has 0 fully saturated rings. The second kappa shape index (κ2) is 8.84. The summed E-state index contributed by atoms with van der Waals surface area (Å²) in [6.45, 7) is 2.01. The molecule has 25 heavy (non-hydrogen) atoms. The Kier molecular flexibility index (Phi) is 6.54. The van der Waals surface area contributed by atoms with E-state index in [4.69, 9.17) is 21.7 Å². The SMILES string of the molecule is COc1ccc(NC(=S)NC(=O)/C=C/c2ccc(C)cc2)cc1OC. The van der Waals surface area contributed by atoms with Gasteiger partial charge >= 0.3 is 0 Å². The van der Waals surface area contributed by atoms with Crippen LogP contribution in [0.4, 0.5) is 5.69 Å². The molecule has 2 aromatic rings. The minimum atomic E-state index is -0.307. The molecule has 130 valence electrons. The van der Waals surface area contributed by atoms with Gasteiger partial charge in [0.25, 0.3) is 0 Å². The van der Waals surface area contributed by atoms with Crippen LogP contribution in [0.2, 0.25) is 0 Å². The normalized spacial score (nSPS) is 10.4. The molecule has 0 radical (unpaired) electrons. The van der Waals surface area contributed by atoms with Crippen LogP contribution >= 0.6 is 12.2 Å². The van der Waals surface area contributed by atoms with Gasteiger partial charge in [0.1, 0.15) is 0 Å². The molecular formula is C19H20N2O3S. The molecule has 0 heterocycles. The van der Waals surface area contributed by atoms with Crippen LogP contribution in [0.1, 0.15) is 11.1 Å². The van der Waals surface area contributed by atoms with Crippen molar-refractivity contribution in [1.82, 2.24) is 5.32 Å². The zero-order chi connectivity index (χ0) is 18.2. The van der Waals surface area contributed by atoms with Crippen molar-refractivity contribution in [3.8, 4) is 11.5 Å². The van der Waals surface area contributed by atoms with Crippen LogP contribution in [0.3, 0.4) is 0 Å². The van der Waals surface area contributed by atoms with Gasteiger partial charge in [-0.1, -0.05) is 29.8 Å². The van der Waals surface area contributed by atoms with Gasteiger partial charge in [-0.2, -0.15) is 0 Å². The summed E-state index contributed by atoms with van der Waals surface area (Å²) in [7, 11) is 3.12. The fourth-order valence-corrected chi connectivity index (χ4v) is 2.30. The smallest absolute Gasteiger partial charge is 0.250 e. The Morgan fingerprint density at radius 2 is 1.72 bits per heavy atom. The molecule has 0 saturated carbocycles. The predicted octanol–water partition coefficient (Wildman–Crippen LogP) is 3.54. The number of aryl methyl sites for hydroxylation is 1. The average Bonchev–Trinajstić information content (AvgIpc) is 2.61. The lowest BCUT2D eigenvalue weighted by atomic mass is 10.1. The number of rotatable bonds is 5. The molecule has 2 aromatic carbocycles. The third-order valence-corrected chi connectivity index (χ3v) is 3.59. The van der Waals surface area contributed by atoms with Crippen molar-refractivity contribution in [2.75, 3.05) is 19.5 Å². The van der Waals surface area contributed by atoms with Gasteiger partial charge in [0.05, 0.1) is 14.2 Å². The van der Waals surface area contributed by atoms with Crippen LogP contribution in [0, 0.1) is 6.92 Å². The second-order valence-electron chi connectivity index (χ2n) is 5.26. The average molecular weight is 356 g/mol. The van der Waals surface area contributed by atoms with Gasteiger partial charge in [-0.05, 0) is 42.9 Å². The Morgan fingerprint density at radius 1 is 1.04 bits per heavy atom. The lowest BCUT2D eigenvalue weighted by Crippen LogP contribution is -2.32. The third kappa shape index (κ3) is 5.61. The van der Waals surface area contributed by atoms with E-state index in [-0.39, 0.29) is 11.0 Å². The number of carbonyl (C=O) groups is 1. The van der Waals surface area contributed by atoms with E-state index in [1.165, 1.54) is 11.6 Å². The molecule has 1 amide bonds. The summed E-state index contributed by atoms with van der Waals surface area (Å²) in [6, 6.07) is 13.1. The molecule has 0 bridgehead atoms. The first-order valence-corrected chi connectivity index (χ1v) is 8.01. The lowest BCUT2D eigenvalue weighted by Gasteiger charge is -2.12. The van der Waals surface area contributed by atoms with E-state index in [2.05, 4.69) is 10.6 Å². The Balaban J connectivity index is 1.93. The van der Waals surface area contributed by atoms with Gasteiger partial charge in [0, 0.05) is 17.8 Å². The van der Waals surface area contributed by atoms with Crippen molar-refractivity contribution in [2.45, 2.75) is 6.92 Å². The summed E-state index contributed by atoms with van der Waals surface area (Å²) < 4.78 is 10.4. The molecule has 0 aliphatic rings. The van der Waals surface area contributed by atoms with Gasteiger partial charge in [-0.3, -0.25) is 10.1 Å². The van der Waals surface area contributed by atoms with Crippen molar-refractivity contribution in [3.05, 3.63) is 59.7 Å². The summed E-state index contributed by atoms with van der Waals surface area (Å²) >= 11 is 5.15. The number of ether oxygens (including phenoxy) is 2. The number of benzene rings is 2. The molecule has 2 N–H and O–H groups in total. The molecule has 2 rings (SSSR count). The first-order chi connectivity index (χ1) is 12.0. The maximum atomic E-state index is 11.9. The maximum absolute atomic E-state index is 11.9. The number of amides is 1. The Labute approximate surface area is 152 Å². The fourth-order valence-electron chi connectivity index (χ4n) is 2.08. The van der Waals surface area contributed by atoms with Gasteiger partial charge in [0.15, 0.2) is 16.6 Å². The number of hydrogen-bond acceptors (Lipinski definition) is 4. The molecule has 0 unspecified atom stereocenters. The number of thiocarbonyl (C=S) groups is 1. The van der Waals surface area contributed by atoms with E-state index in [1.807, 2.05) is 31.2 Å². The molecule has 0 aliphatic heterocycles. The molecule has 0 aliphatic carbocycles. The van der Waals surface area contributed by atoms with E-state index in [0.717, 1.165) is 5.56 Å². The van der Waals surface area contributed by atoms with Crippen LogP contribution in [-0.4, -0.2) is 25.2 Å². The fraction of sp³-hybridized carbons (Fsp3) is 0.158. The summed E-state index contributed by atoms with van der Waals surface area (Å²) in [4.78, 5) is 11.9. The zero-order valence-corrected chi connectivity index (χ0v) is 15.1. The number of carbonyl (C=O) groups excluding carboxylic acids is 1. The quantitative estimate of drug-likeness (QED) is 0.634. The predicted molar refractivity (Wildman–Crippen MR) is 104 cm³/mol. The largest absolute Gasteiger partial charge is 0.493 e. The first kappa shape index (κ1) is 18.5. The van der Waals surface area contributed by atoms with Crippen LogP contribution < -0.4 is 20.1 Å². The van der Waals surface area contributed by atoms with Gasteiger partial charge in [-0.25, -0.2) is 0 Å². The summed E-state index contributed by atoms with van der Waals surface area (Å²) in [5.41, 5.74) is 2.80. The van der Waals surface area contributed by atoms with E-state index in [9.17, 15) is 4.79 Å². The monoisotopic (exact) mass is 356 g/mol. The summed E-state index contributed by atoms with van der Waals surface area (Å²) in [5, 5.41) is 5.73. The second-order valence-corrected chi connectivity index (χ2v) is 5.67. The van der Waals surface area contributed by atoms with E-state index in [0.29, 0.717) is 17.2 Å². The Hall–Kier alpha value is -2.86. The molecule has 0 atom stereocenters. The number of hydrogen-bond donors (Lipinski definition) is 2. The minimum absolute atomic E-state index is 0.200. The third-order valence-electron chi connectivity index (χ3n) is 3.38. The topological polar surface area (TPSA) is 59.6 Å². The molecule has 0 aromatic heterocycles. The van der Waals surface area contributed by atoms with E-state index < -0.39 is 0 Å². The van der Waals surface area contributed by atoms with Crippen LogP contribution in [0.25, 0.3) is 6.08 Å². The van der Waals surface area contributed by atoms with Crippen LogP contribution in [0.15, 0.2) is 48.5 Å². The highest BCUT2D eigenvalue weighted by Crippen LogP contribution is 2.29. The van der Waals surface area contributed by atoms with Gasteiger partial charge < -0.3 is 14.8 Å². The summed E-state index contributed by atoms with van der Waals surface area (Å²) in [6.07, 6.45) is 3.17. The van der Waals surface area contributed by atoms with Gasteiger partial charge in [0.2, 0.25) is 5.91 Å². The van der Waals surface area contributed by atoms with Crippen molar-refractivity contribution in [2.24, 2.45) is 0 Å². The van der Waals surface area contributed by atoms with Crippen LogP contribution in [0.5, 0.6) is 11.5 Å². The standard InChI is InChI=1S/C19H20N2O3S/c1-13-4-6-14(7-5-13)8-11-18(22)21-19(25)20-15-9-10-16(23-2)17(12-15)24-3/h4-12H,1-3H3,(H2,20,21,22,25)/b11-8+. The highest BCUT2D eigenvalue weighted by atomic mass is 32.1. The summed E-state index contributed by atoms with van der Waals surface area (Å²) in [5.74, 6) is 0.878. The highest BCUT2D eigenvalue weighted by Gasteiger charge is 2.06. The van der Waals surface area contributed by atoms with Crippen molar-refractivity contribution in [3.63, 3.8) is 0 Å². The highest BCUT2D eigenvalue weighted by molar-refractivity contribution is 7.80. The minimum Gasteiger partial charge on any atom is -0.493 e. The zero-order valence-electron chi connectivity index (χ0n) is 14.3. The lowest BCUT2D eigenvalue weighted by molar-refractivity contribution is -0.115. The Bertz CT molecular complexity index is 786. The Morgan fingerprint density at radius 3 is 2.36 bits per heavy atom. The molecule has 6 heteroatoms. The van der Waals surface area contributed by atoms with Gasteiger partial charge in [-0.15, -0.1) is 0 Å². The van der Waals surface area contributed by atoms with Crippen molar-refractivity contribution in [1.29, 1.82) is 0 Å². The van der Waals surface area contributed by atoms with Crippen LogP contribution in [-0.2, 0) is 4.79 Å². The van der Waals surface area contributed by atoms with Crippen molar-refractivity contribution >= 4 is 35.0 Å². The number of nitrogens with one attached hydrogen (secondary N) is 2.